The molecule has 0 saturated heterocycles. The van der Waals surface area contributed by atoms with Gasteiger partial charge in [0, 0.05) is 16.1 Å². The fourth-order valence-electron chi connectivity index (χ4n) is 3.64. The fraction of sp³-hybridized carbons (Fsp3) is 0.0909. The number of benzene rings is 3. The molecule has 0 aromatic heterocycles. The van der Waals surface area contributed by atoms with Crippen LogP contribution in [-0.4, -0.2) is 16.8 Å². The van der Waals surface area contributed by atoms with Gasteiger partial charge < -0.3 is 10.4 Å². The first kappa shape index (κ1) is 18.7. The van der Waals surface area contributed by atoms with Crippen molar-refractivity contribution in [1.82, 2.24) is 0 Å². The molecule has 0 spiro atoms. The third-order valence-electron chi connectivity index (χ3n) is 4.94. The molecule has 1 aliphatic heterocycles. The molecule has 0 fully saturated rings. The molecule has 6 heteroatoms. The highest BCUT2D eigenvalue weighted by molar-refractivity contribution is 6.38. The summed E-state index contributed by atoms with van der Waals surface area (Å²) in [6, 6.07) is 20.3. The number of halogens is 2. The Kier molecular flexibility index (Phi) is 4.71. The lowest BCUT2D eigenvalue weighted by Crippen LogP contribution is -2.44. The van der Waals surface area contributed by atoms with Crippen LogP contribution in [0.5, 0.6) is 0 Å². The zero-order valence-electron chi connectivity index (χ0n) is 14.5. The molecule has 140 valence electrons. The van der Waals surface area contributed by atoms with E-state index in [1.807, 2.05) is 0 Å². The second kappa shape index (κ2) is 7.06. The molecule has 1 heterocycles. The van der Waals surface area contributed by atoms with E-state index < -0.39 is 23.2 Å². The summed E-state index contributed by atoms with van der Waals surface area (Å²) in [6.07, 6.45) is 0. The van der Waals surface area contributed by atoms with Gasteiger partial charge in [0.15, 0.2) is 11.4 Å². The van der Waals surface area contributed by atoms with Crippen LogP contribution in [0.2, 0.25) is 10.0 Å². The largest absolute Gasteiger partial charge is 0.374 e. The molecule has 2 atom stereocenters. The minimum absolute atomic E-state index is 0.116. The minimum atomic E-state index is -2.20. The van der Waals surface area contributed by atoms with Crippen LogP contribution in [0, 0.1) is 0 Å². The molecule has 0 radical (unpaired) electrons. The summed E-state index contributed by atoms with van der Waals surface area (Å²) >= 11 is 12.6. The van der Waals surface area contributed by atoms with E-state index in [1.54, 1.807) is 60.7 Å². The molecule has 28 heavy (non-hydrogen) atoms. The van der Waals surface area contributed by atoms with Crippen LogP contribution in [0.3, 0.4) is 0 Å². The first-order chi connectivity index (χ1) is 13.4. The van der Waals surface area contributed by atoms with Crippen molar-refractivity contribution >= 4 is 40.6 Å². The Morgan fingerprint density at radius 1 is 0.893 bits per heavy atom. The third-order valence-corrected chi connectivity index (χ3v) is 5.57. The van der Waals surface area contributed by atoms with Crippen molar-refractivity contribution in [2.45, 2.75) is 11.5 Å². The summed E-state index contributed by atoms with van der Waals surface area (Å²) in [5.74, 6) is -2.34. The van der Waals surface area contributed by atoms with Crippen LogP contribution in [0.25, 0.3) is 0 Å². The van der Waals surface area contributed by atoms with Crippen LogP contribution in [-0.2, 0) is 10.4 Å². The van der Waals surface area contributed by atoms with Gasteiger partial charge in [-0.15, -0.1) is 0 Å². The van der Waals surface area contributed by atoms with Gasteiger partial charge in [-0.25, -0.2) is 0 Å². The monoisotopic (exact) mass is 411 g/mol. The van der Waals surface area contributed by atoms with E-state index >= 15 is 0 Å². The lowest BCUT2D eigenvalue weighted by Gasteiger charge is -2.31. The first-order valence-corrected chi connectivity index (χ1v) is 9.36. The number of aliphatic hydroxyl groups is 1. The van der Waals surface area contributed by atoms with E-state index in [9.17, 15) is 14.7 Å². The predicted octanol–water partition coefficient (Wildman–Crippen LogP) is 4.80. The molecular weight excluding hydrogens is 397 g/mol. The Hall–Kier alpha value is -2.66. The van der Waals surface area contributed by atoms with Crippen molar-refractivity contribution in [3.63, 3.8) is 0 Å². The Balaban J connectivity index is 1.97. The summed E-state index contributed by atoms with van der Waals surface area (Å²) < 4.78 is 0. The van der Waals surface area contributed by atoms with Crippen molar-refractivity contribution in [3.8, 4) is 0 Å². The highest BCUT2D eigenvalue weighted by atomic mass is 35.5. The molecule has 4 nitrogen and oxygen atoms in total. The highest BCUT2D eigenvalue weighted by Gasteiger charge is 2.56. The van der Waals surface area contributed by atoms with E-state index in [1.165, 1.54) is 12.1 Å². The standard InChI is InChI=1S/C22H15Cl2NO3/c23-15-11-12-16(24)19-18(15)22(28,21(27)25-19)17(13-7-3-1-4-8-13)20(26)14-9-5-2-6-10-14/h1-12,17,28H,(H,25,27)/t17-,22-/m1/s1. The number of Topliss-reactive ketones (excluding diaryl/α,β-unsaturated/α-hetero) is 1. The molecule has 4 rings (SSSR count). The number of carbonyl (C=O) groups is 2. The maximum absolute atomic E-state index is 13.5. The second-order valence-corrected chi connectivity index (χ2v) is 7.39. The van der Waals surface area contributed by atoms with E-state index in [0.29, 0.717) is 11.1 Å². The zero-order chi connectivity index (χ0) is 19.9. The van der Waals surface area contributed by atoms with E-state index in [2.05, 4.69) is 5.32 Å². The molecule has 0 saturated carbocycles. The number of nitrogens with one attached hydrogen (secondary N) is 1. The molecule has 3 aromatic rings. The molecule has 0 unspecified atom stereocenters. The highest BCUT2D eigenvalue weighted by Crippen LogP contribution is 2.51. The Morgan fingerprint density at radius 2 is 1.46 bits per heavy atom. The quantitative estimate of drug-likeness (QED) is 0.605. The average Bonchev–Trinajstić information content (AvgIpc) is 2.99. The number of fused-ring (bicyclic) bond motifs is 1. The minimum Gasteiger partial charge on any atom is -0.374 e. The van der Waals surface area contributed by atoms with Gasteiger partial charge in [0.25, 0.3) is 5.91 Å². The molecule has 0 bridgehead atoms. The average molecular weight is 412 g/mol. The van der Waals surface area contributed by atoms with Gasteiger partial charge in [-0.3, -0.25) is 9.59 Å². The zero-order valence-corrected chi connectivity index (χ0v) is 16.0. The van der Waals surface area contributed by atoms with Gasteiger partial charge in [0.1, 0.15) is 0 Å². The van der Waals surface area contributed by atoms with Gasteiger partial charge in [-0.2, -0.15) is 0 Å². The van der Waals surface area contributed by atoms with Gasteiger partial charge in [-0.05, 0) is 17.7 Å². The van der Waals surface area contributed by atoms with Crippen LogP contribution < -0.4 is 5.32 Å². The normalized spacial score (nSPS) is 19.0. The molecular formula is C22H15Cl2NO3. The van der Waals surface area contributed by atoms with Crippen molar-refractivity contribution in [1.29, 1.82) is 0 Å². The molecule has 2 N–H and O–H groups in total. The predicted molar refractivity (Wildman–Crippen MR) is 109 cm³/mol. The van der Waals surface area contributed by atoms with Crippen molar-refractivity contribution in [2.75, 3.05) is 5.32 Å². The summed E-state index contributed by atoms with van der Waals surface area (Å²) in [6.45, 7) is 0. The Labute approximate surface area is 171 Å². The van der Waals surface area contributed by atoms with Crippen LogP contribution in [0.1, 0.15) is 27.4 Å². The van der Waals surface area contributed by atoms with Crippen molar-refractivity contribution < 1.29 is 14.7 Å². The van der Waals surface area contributed by atoms with Gasteiger partial charge in [-0.1, -0.05) is 83.9 Å². The first-order valence-electron chi connectivity index (χ1n) is 8.61. The van der Waals surface area contributed by atoms with Gasteiger partial charge in [0.05, 0.1) is 16.6 Å². The number of carbonyl (C=O) groups excluding carboxylic acids is 2. The number of anilines is 1. The maximum Gasteiger partial charge on any atom is 0.262 e. The smallest absolute Gasteiger partial charge is 0.262 e. The molecule has 1 aliphatic rings. The lowest BCUT2D eigenvalue weighted by atomic mass is 9.74. The SMILES string of the molecule is O=C(c1ccccc1)[C@@H](c1ccccc1)[C@]1(O)C(=O)Nc2c(Cl)ccc(Cl)c21. The van der Waals surface area contributed by atoms with Crippen LogP contribution in [0.15, 0.2) is 72.8 Å². The third kappa shape index (κ3) is 2.81. The number of hydrogen-bond donors (Lipinski definition) is 2. The topological polar surface area (TPSA) is 66.4 Å². The Bertz CT molecular complexity index is 1070. The number of rotatable bonds is 4. The lowest BCUT2D eigenvalue weighted by molar-refractivity contribution is -0.135. The number of amides is 1. The van der Waals surface area contributed by atoms with Gasteiger partial charge in [0.2, 0.25) is 0 Å². The second-order valence-electron chi connectivity index (χ2n) is 6.57. The summed E-state index contributed by atoms with van der Waals surface area (Å²) in [5.41, 5.74) is -0.985. The van der Waals surface area contributed by atoms with Crippen LogP contribution >= 0.6 is 23.2 Å². The summed E-state index contributed by atoms with van der Waals surface area (Å²) in [4.78, 5) is 26.5. The van der Waals surface area contributed by atoms with E-state index in [-0.39, 0.29) is 21.3 Å². The summed E-state index contributed by atoms with van der Waals surface area (Å²) in [5, 5.41) is 14.7. The maximum atomic E-state index is 13.5. The Morgan fingerprint density at radius 3 is 2.11 bits per heavy atom. The van der Waals surface area contributed by atoms with E-state index in [0.717, 1.165) is 0 Å². The fourth-order valence-corrected chi connectivity index (χ4v) is 4.15. The molecule has 0 aliphatic carbocycles. The number of hydrogen-bond acceptors (Lipinski definition) is 3. The van der Waals surface area contributed by atoms with Gasteiger partial charge >= 0.3 is 0 Å². The van der Waals surface area contributed by atoms with Crippen molar-refractivity contribution in [3.05, 3.63) is 99.5 Å². The summed E-state index contributed by atoms with van der Waals surface area (Å²) in [7, 11) is 0. The molecule has 3 aromatic carbocycles. The number of ketones is 1. The van der Waals surface area contributed by atoms with Crippen molar-refractivity contribution in [2.24, 2.45) is 0 Å². The van der Waals surface area contributed by atoms with Crippen LogP contribution in [0.4, 0.5) is 5.69 Å². The van der Waals surface area contributed by atoms with E-state index in [4.69, 9.17) is 23.2 Å². The molecule has 1 amide bonds.